The smallest absolute Gasteiger partial charge is 0.340 e. The molecule has 0 amide bonds. The second-order valence-corrected chi connectivity index (χ2v) is 5.59. The molecular weight excluding hydrogens is 361 g/mol. The highest BCUT2D eigenvalue weighted by Crippen LogP contribution is 2.24. The number of hydrogen-bond acceptors (Lipinski definition) is 3. The van der Waals surface area contributed by atoms with Crippen molar-refractivity contribution in [2.75, 3.05) is 12.4 Å². The second-order valence-electron chi connectivity index (χ2n) is 4.27. The molecule has 0 bridgehead atoms. The van der Waals surface area contributed by atoms with Crippen LogP contribution in [0.5, 0.6) is 0 Å². The highest BCUT2D eigenvalue weighted by atomic mass is 79.9. The molecule has 0 atom stereocenters. The van der Waals surface area contributed by atoms with E-state index in [-0.39, 0.29) is 5.56 Å². The molecule has 2 aromatic rings. The van der Waals surface area contributed by atoms with Gasteiger partial charge in [0.15, 0.2) is 0 Å². The molecule has 0 fully saturated rings. The van der Waals surface area contributed by atoms with Crippen molar-refractivity contribution in [3.63, 3.8) is 0 Å². The van der Waals surface area contributed by atoms with Crippen molar-refractivity contribution in [2.45, 2.75) is 6.54 Å². The van der Waals surface area contributed by atoms with E-state index in [0.717, 1.165) is 16.1 Å². The van der Waals surface area contributed by atoms with Crippen LogP contribution >= 0.6 is 27.5 Å². The van der Waals surface area contributed by atoms with Gasteiger partial charge in [0.2, 0.25) is 0 Å². The first-order valence-electron chi connectivity index (χ1n) is 6.07. The van der Waals surface area contributed by atoms with Crippen LogP contribution < -0.4 is 5.32 Å². The molecule has 2 aromatic carbocycles. The van der Waals surface area contributed by atoms with Gasteiger partial charge >= 0.3 is 5.97 Å². The summed E-state index contributed by atoms with van der Waals surface area (Å²) in [6.07, 6.45) is 0. The van der Waals surface area contributed by atoms with Crippen LogP contribution in [-0.2, 0) is 11.3 Å². The van der Waals surface area contributed by atoms with Crippen LogP contribution in [0.15, 0.2) is 40.9 Å². The average molecular weight is 373 g/mol. The molecule has 0 saturated heterocycles. The standard InChI is InChI=1S/C15H12BrClFNO2/c1-21-15(20)12-7-11(18)4-5-14(12)19-8-9-2-3-10(16)6-13(9)17/h2-7,19H,8H2,1H3. The summed E-state index contributed by atoms with van der Waals surface area (Å²) in [5.74, 6) is -1.10. The number of nitrogens with one attached hydrogen (secondary N) is 1. The lowest BCUT2D eigenvalue weighted by molar-refractivity contribution is 0.0601. The zero-order valence-corrected chi connectivity index (χ0v) is 13.5. The fraction of sp³-hybridized carbons (Fsp3) is 0.133. The molecule has 0 aliphatic carbocycles. The van der Waals surface area contributed by atoms with Crippen molar-refractivity contribution in [1.29, 1.82) is 0 Å². The Morgan fingerprint density at radius 3 is 2.76 bits per heavy atom. The maximum absolute atomic E-state index is 13.3. The second kappa shape index (κ2) is 6.91. The molecule has 0 spiro atoms. The van der Waals surface area contributed by atoms with Crippen molar-refractivity contribution >= 4 is 39.2 Å². The van der Waals surface area contributed by atoms with Crippen LogP contribution in [-0.4, -0.2) is 13.1 Å². The first-order valence-corrected chi connectivity index (χ1v) is 7.24. The summed E-state index contributed by atoms with van der Waals surface area (Å²) in [6, 6.07) is 9.42. The highest BCUT2D eigenvalue weighted by Gasteiger charge is 2.13. The van der Waals surface area contributed by atoms with E-state index in [1.54, 1.807) is 6.07 Å². The molecule has 2 rings (SSSR count). The van der Waals surface area contributed by atoms with Crippen molar-refractivity contribution < 1.29 is 13.9 Å². The highest BCUT2D eigenvalue weighted by molar-refractivity contribution is 9.10. The summed E-state index contributed by atoms with van der Waals surface area (Å²) in [7, 11) is 1.25. The predicted octanol–water partition coefficient (Wildman–Crippen LogP) is 4.64. The summed E-state index contributed by atoms with van der Waals surface area (Å²) in [5, 5.41) is 3.66. The molecule has 1 N–H and O–H groups in total. The topological polar surface area (TPSA) is 38.3 Å². The lowest BCUT2D eigenvalue weighted by atomic mass is 10.1. The van der Waals surface area contributed by atoms with E-state index < -0.39 is 11.8 Å². The fourth-order valence-electron chi connectivity index (χ4n) is 1.80. The minimum absolute atomic E-state index is 0.144. The normalized spacial score (nSPS) is 10.3. The lowest BCUT2D eigenvalue weighted by Gasteiger charge is -2.12. The third-order valence-corrected chi connectivity index (χ3v) is 3.72. The Kier molecular flexibility index (Phi) is 5.20. The fourth-order valence-corrected chi connectivity index (χ4v) is 2.55. The number of rotatable bonds is 4. The summed E-state index contributed by atoms with van der Waals surface area (Å²) in [4.78, 5) is 11.6. The van der Waals surface area contributed by atoms with Gasteiger partial charge in [-0.05, 0) is 35.9 Å². The molecule has 0 aliphatic rings. The van der Waals surface area contributed by atoms with E-state index in [9.17, 15) is 9.18 Å². The first kappa shape index (κ1) is 15.8. The maximum Gasteiger partial charge on any atom is 0.340 e. The summed E-state index contributed by atoms with van der Waals surface area (Å²) < 4.78 is 18.8. The lowest BCUT2D eigenvalue weighted by Crippen LogP contribution is -2.09. The van der Waals surface area contributed by atoms with Crippen molar-refractivity contribution in [2.24, 2.45) is 0 Å². The number of benzene rings is 2. The molecule has 0 radical (unpaired) electrons. The van der Waals surface area contributed by atoms with E-state index in [1.807, 2.05) is 12.1 Å². The van der Waals surface area contributed by atoms with E-state index in [4.69, 9.17) is 11.6 Å². The van der Waals surface area contributed by atoms with Gasteiger partial charge in [-0.1, -0.05) is 33.6 Å². The van der Waals surface area contributed by atoms with Gasteiger partial charge in [0.25, 0.3) is 0 Å². The van der Waals surface area contributed by atoms with Crippen LogP contribution in [0.4, 0.5) is 10.1 Å². The summed E-state index contributed by atoms with van der Waals surface area (Å²) >= 11 is 9.46. The Hall–Kier alpha value is -1.59. The van der Waals surface area contributed by atoms with Crippen LogP contribution in [0, 0.1) is 5.82 Å². The minimum atomic E-state index is -0.598. The molecule has 0 heterocycles. The Morgan fingerprint density at radius 2 is 2.10 bits per heavy atom. The Morgan fingerprint density at radius 1 is 1.33 bits per heavy atom. The first-order chi connectivity index (χ1) is 10.0. The molecule has 0 aromatic heterocycles. The minimum Gasteiger partial charge on any atom is -0.465 e. The van der Waals surface area contributed by atoms with E-state index in [2.05, 4.69) is 26.0 Å². The van der Waals surface area contributed by atoms with E-state index >= 15 is 0 Å². The predicted molar refractivity (Wildman–Crippen MR) is 84.2 cm³/mol. The largest absolute Gasteiger partial charge is 0.465 e. The maximum atomic E-state index is 13.3. The van der Waals surface area contributed by atoms with Crippen LogP contribution in [0.2, 0.25) is 5.02 Å². The molecular formula is C15H12BrClFNO2. The van der Waals surface area contributed by atoms with Crippen molar-refractivity contribution in [3.8, 4) is 0 Å². The summed E-state index contributed by atoms with van der Waals surface area (Å²) in [5.41, 5.74) is 1.49. The third kappa shape index (κ3) is 3.95. The van der Waals surface area contributed by atoms with Gasteiger partial charge < -0.3 is 10.1 Å². The number of hydrogen-bond donors (Lipinski definition) is 1. The van der Waals surface area contributed by atoms with Gasteiger partial charge in [-0.25, -0.2) is 9.18 Å². The van der Waals surface area contributed by atoms with Gasteiger partial charge in [-0.15, -0.1) is 0 Å². The van der Waals surface area contributed by atoms with Crippen molar-refractivity contribution in [3.05, 3.63) is 62.8 Å². The van der Waals surface area contributed by atoms with Crippen molar-refractivity contribution in [1.82, 2.24) is 0 Å². The quantitative estimate of drug-likeness (QED) is 0.795. The van der Waals surface area contributed by atoms with Crippen LogP contribution in [0.1, 0.15) is 15.9 Å². The molecule has 0 aliphatic heterocycles. The molecule has 0 saturated carbocycles. The van der Waals surface area contributed by atoms with Gasteiger partial charge in [-0.3, -0.25) is 0 Å². The monoisotopic (exact) mass is 371 g/mol. The zero-order chi connectivity index (χ0) is 15.4. The van der Waals surface area contributed by atoms with Crippen LogP contribution in [0.3, 0.4) is 0 Å². The SMILES string of the molecule is COC(=O)c1cc(F)ccc1NCc1ccc(Br)cc1Cl. The number of halogens is 3. The molecule has 21 heavy (non-hydrogen) atoms. The molecule has 3 nitrogen and oxygen atoms in total. The number of esters is 1. The number of anilines is 1. The number of carbonyl (C=O) groups excluding carboxylic acids is 1. The van der Waals surface area contributed by atoms with Gasteiger partial charge in [0, 0.05) is 21.7 Å². The number of methoxy groups -OCH3 is 1. The average Bonchev–Trinajstić information content (AvgIpc) is 2.46. The zero-order valence-electron chi connectivity index (χ0n) is 11.1. The van der Waals surface area contributed by atoms with Gasteiger partial charge in [0.1, 0.15) is 5.82 Å². The Balaban J connectivity index is 2.21. The molecule has 0 unspecified atom stereocenters. The van der Waals surface area contributed by atoms with E-state index in [0.29, 0.717) is 17.3 Å². The molecule has 6 heteroatoms. The summed E-state index contributed by atoms with van der Waals surface area (Å²) in [6.45, 7) is 0.405. The van der Waals surface area contributed by atoms with Gasteiger partial charge in [0.05, 0.1) is 12.7 Å². The third-order valence-electron chi connectivity index (χ3n) is 2.87. The van der Waals surface area contributed by atoms with Crippen LogP contribution in [0.25, 0.3) is 0 Å². The van der Waals surface area contributed by atoms with E-state index in [1.165, 1.54) is 19.2 Å². The Bertz CT molecular complexity index is 679. The van der Waals surface area contributed by atoms with Gasteiger partial charge in [-0.2, -0.15) is 0 Å². The Labute approximate surface area is 135 Å². The molecule has 110 valence electrons. The number of carbonyl (C=O) groups is 1. The number of ether oxygens (including phenoxy) is 1.